The second-order valence-electron chi connectivity index (χ2n) is 4.23. The van der Waals surface area contributed by atoms with Crippen LogP contribution in [-0.2, 0) is 17.8 Å². The number of halogens is 2. The summed E-state index contributed by atoms with van der Waals surface area (Å²) in [5, 5.41) is 5.98. The van der Waals surface area contributed by atoms with Crippen molar-refractivity contribution < 1.29 is 4.79 Å². The maximum atomic E-state index is 11.3. The summed E-state index contributed by atoms with van der Waals surface area (Å²) in [5.74, 6) is 0.0268. The lowest BCUT2D eigenvalue weighted by Crippen LogP contribution is -2.19. The van der Waals surface area contributed by atoms with Crippen molar-refractivity contribution >= 4 is 54.8 Å². The summed E-state index contributed by atoms with van der Waals surface area (Å²) in [4.78, 5) is 12.5. The molecule has 0 radical (unpaired) electrons. The minimum absolute atomic E-state index is 0.0268. The molecule has 0 saturated carbocycles. The Labute approximate surface area is 139 Å². The molecular weight excluding hydrogens is 404 g/mol. The van der Waals surface area contributed by atoms with Crippen LogP contribution in [0.4, 0.5) is 5.69 Å². The van der Waals surface area contributed by atoms with Crippen LogP contribution in [0.2, 0.25) is 0 Å². The van der Waals surface area contributed by atoms with E-state index < -0.39 is 0 Å². The van der Waals surface area contributed by atoms with E-state index in [1.165, 1.54) is 4.88 Å². The Morgan fingerprint density at radius 2 is 1.95 bits per heavy atom. The van der Waals surface area contributed by atoms with Gasteiger partial charge in [-0.05, 0) is 55.6 Å². The van der Waals surface area contributed by atoms with Crippen LogP contribution in [0.5, 0.6) is 0 Å². The van der Waals surface area contributed by atoms with Gasteiger partial charge in [-0.2, -0.15) is 0 Å². The van der Waals surface area contributed by atoms with Crippen molar-refractivity contribution in [3.63, 3.8) is 0 Å². The number of hydrogen-bond donors (Lipinski definition) is 2. The first-order valence-electron chi connectivity index (χ1n) is 6.05. The van der Waals surface area contributed by atoms with Crippen LogP contribution in [0.3, 0.4) is 0 Å². The average Bonchev–Trinajstić information content (AvgIpc) is 2.77. The lowest BCUT2D eigenvalue weighted by molar-refractivity contribution is -0.119. The largest absolute Gasteiger partial charge is 0.380 e. The highest BCUT2D eigenvalue weighted by atomic mass is 79.9. The summed E-state index contributed by atoms with van der Waals surface area (Å²) in [5.41, 5.74) is 2.06. The predicted octanol–water partition coefficient (Wildman–Crippen LogP) is 4.17. The summed E-state index contributed by atoms with van der Waals surface area (Å²) in [7, 11) is 1.65. The third-order valence-corrected chi connectivity index (χ3v) is 6.02. The molecule has 20 heavy (non-hydrogen) atoms. The molecule has 2 aromatic rings. The second kappa shape index (κ2) is 7.24. The van der Waals surface area contributed by atoms with E-state index >= 15 is 0 Å². The zero-order valence-electron chi connectivity index (χ0n) is 10.9. The van der Waals surface area contributed by atoms with Gasteiger partial charge in [0.2, 0.25) is 5.91 Å². The molecule has 0 aliphatic heterocycles. The first kappa shape index (κ1) is 15.5. The summed E-state index contributed by atoms with van der Waals surface area (Å²) < 4.78 is 2.19. The van der Waals surface area contributed by atoms with Crippen molar-refractivity contribution in [2.24, 2.45) is 0 Å². The molecule has 0 fully saturated rings. The molecule has 0 aliphatic rings. The number of carbonyl (C=O) groups is 1. The number of nitrogens with one attached hydrogen (secondary N) is 2. The minimum Gasteiger partial charge on any atom is -0.380 e. The molecule has 2 rings (SSSR count). The van der Waals surface area contributed by atoms with Gasteiger partial charge in [0.15, 0.2) is 0 Å². The topological polar surface area (TPSA) is 41.1 Å². The Hall–Kier alpha value is -0.850. The highest BCUT2D eigenvalue weighted by molar-refractivity contribution is 9.13. The van der Waals surface area contributed by atoms with E-state index in [2.05, 4.69) is 48.6 Å². The molecule has 1 heterocycles. The molecule has 2 N–H and O–H groups in total. The first-order valence-corrected chi connectivity index (χ1v) is 8.46. The Morgan fingerprint density at radius 1 is 1.25 bits per heavy atom. The van der Waals surface area contributed by atoms with E-state index in [4.69, 9.17) is 0 Å². The Kier molecular flexibility index (Phi) is 5.63. The highest BCUT2D eigenvalue weighted by Crippen LogP contribution is 2.32. The molecule has 0 aliphatic carbocycles. The molecule has 6 heteroatoms. The fraction of sp³-hybridized carbons (Fsp3) is 0.214. The van der Waals surface area contributed by atoms with Gasteiger partial charge in [-0.15, -0.1) is 11.3 Å². The van der Waals surface area contributed by atoms with Crippen LogP contribution in [0, 0.1) is 0 Å². The van der Waals surface area contributed by atoms with Gasteiger partial charge in [0.1, 0.15) is 0 Å². The first-order chi connectivity index (χ1) is 9.58. The van der Waals surface area contributed by atoms with E-state index in [1.807, 2.05) is 24.3 Å². The number of likely N-dealkylation sites (N-methyl/N-ethyl adjacent to an activating group) is 1. The van der Waals surface area contributed by atoms with Gasteiger partial charge >= 0.3 is 0 Å². The van der Waals surface area contributed by atoms with Gasteiger partial charge in [0, 0.05) is 28.6 Å². The van der Waals surface area contributed by atoms with Gasteiger partial charge in [-0.3, -0.25) is 4.79 Å². The van der Waals surface area contributed by atoms with E-state index in [0.717, 1.165) is 26.1 Å². The molecular formula is C14H14Br2N2OS. The Morgan fingerprint density at radius 3 is 2.50 bits per heavy atom. The van der Waals surface area contributed by atoms with E-state index in [-0.39, 0.29) is 5.91 Å². The molecule has 0 unspecified atom stereocenters. The van der Waals surface area contributed by atoms with Crippen LogP contribution >= 0.6 is 43.2 Å². The normalized spacial score (nSPS) is 10.3. The average molecular weight is 418 g/mol. The standard InChI is InChI=1S/C14H14Br2N2OS/c1-17-13(19)6-9-2-4-10(5-3-9)18-8-11-7-12(15)14(16)20-11/h2-5,7,18H,6,8H2,1H3,(H,17,19). The summed E-state index contributed by atoms with van der Waals surface area (Å²) in [6.45, 7) is 0.781. The number of anilines is 1. The molecule has 0 bridgehead atoms. The smallest absolute Gasteiger partial charge is 0.224 e. The second-order valence-corrected chi connectivity index (χ2v) is 7.54. The lowest BCUT2D eigenvalue weighted by Gasteiger charge is -2.06. The molecule has 0 atom stereocenters. The maximum Gasteiger partial charge on any atom is 0.224 e. The Balaban J connectivity index is 1.92. The van der Waals surface area contributed by atoms with Crippen molar-refractivity contribution in [3.05, 3.63) is 49.0 Å². The third kappa shape index (κ3) is 4.33. The van der Waals surface area contributed by atoms with Gasteiger partial charge < -0.3 is 10.6 Å². The highest BCUT2D eigenvalue weighted by Gasteiger charge is 2.04. The zero-order chi connectivity index (χ0) is 14.5. The number of hydrogen-bond acceptors (Lipinski definition) is 3. The molecule has 3 nitrogen and oxygen atoms in total. The maximum absolute atomic E-state index is 11.3. The van der Waals surface area contributed by atoms with Crippen LogP contribution in [0.1, 0.15) is 10.4 Å². The third-order valence-electron chi connectivity index (χ3n) is 2.76. The van der Waals surface area contributed by atoms with Crippen molar-refractivity contribution in [3.8, 4) is 0 Å². The van der Waals surface area contributed by atoms with Crippen molar-refractivity contribution in [2.75, 3.05) is 12.4 Å². The minimum atomic E-state index is 0.0268. The fourth-order valence-electron chi connectivity index (χ4n) is 1.68. The number of rotatable bonds is 5. The zero-order valence-corrected chi connectivity index (χ0v) is 14.9. The van der Waals surface area contributed by atoms with Gasteiger partial charge in [0.05, 0.1) is 10.2 Å². The van der Waals surface area contributed by atoms with Crippen LogP contribution in [-0.4, -0.2) is 13.0 Å². The molecule has 106 valence electrons. The van der Waals surface area contributed by atoms with E-state index in [1.54, 1.807) is 18.4 Å². The van der Waals surface area contributed by atoms with Gasteiger partial charge in [-0.1, -0.05) is 12.1 Å². The number of carbonyl (C=O) groups excluding carboxylic acids is 1. The van der Waals surface area contributed by atoms with Crippen molar-refractivity contribution in [2.45, 2.75) is 13.0 Å². The summed E-state index contributed by atoms with van der Waals surface area (Å²) in [6.07, 6.45) is 0.418. The fourth-order valence-corrected chi connectivity index (χ4v) is 3.80. The van der Waals surface area contributed by atoms with Crippen molar-refractivity contribution in [1.82, 2.24) is 5.32 Å². The predicted molar refractivity (Wildman–Crippen MR) is 91.3 cm³/mol. The SMILES string of the molecule is CNC(=O)Cc1ccc(NCc2cc(Br)c(Br)s2)cc1. The summed E-state index contributed by atoms with van der Waals surface area (Å²) in [6, 6.07) is 10.0. The Bertz CT molecular complexity index is 576. The molecule has 1 amide bonds. The summed E-state index contributed by atoms with van der Waals surface area (Å²) >= 11 is 8.67. The molecule has 1 aromatic carbocycles. The number of thiophene rings is 1. The monoisotopic (exact) mass is 416 g/mol. The molecule has 1 aromatic heterocycles. The number of benzene rings is 1. The number of amides is 1. The van der Waals surface area contributed by atoms with Crippen LogP contribution < -0.4 is 10.6 Å². The molecule has 0 spiro atoms. The van der Waals surface area contributed by atoms with Crippen molar-refractivity contribution in [1.29, 1.82) is 0 Å². The van der Waals surface area contributed by atoms with E-state index in [9.17, 15) is 4.79 Å². The van der Waals surface area contributed by atoms with Gasteiger partial charge in [-0.25, -0.2) is 0 Å². The lowest BCUT2D eigenvalue weighted by atomic mass is 10.1. The van der Waals surface area contributed by atoms with Gasteiger partial charge in [0.25, 0.3) is 0 Å². The van der Waals surface area contributed by atoms with Crippen LogP contribution in [0.25, 0.3) is 0 Å². The molecule has 0 saturated heterocycles. The quantitative estimate of drug-likeness (QED) is 0.766. The van der Waals surface area contributed by atoms with E-state index in [0.29, 0.717) is 6.42 Å². The van der Waals surface area contributed by atoms with Crippen LogP contribution in [0.15, 0.2) is 38.6 Å².